The second-order valence-corrected chi connectivity index (χ2v) is 7.64. The third-order valence-electron chi connectivity index (χ3n) is 5.96. The maximum Gasteiger partial charge on any atom is 0.243 e. The Bertz CT molecular complexity index is 1060. The van der Waals surface area contributed by atoms with Crippen LogP contribution in [0.2, 0.25) is 0 Å². The van der Waals surface area contributed by atoms with Crippen molar-refractivity contribution < 1.29 is 4.79 Å². The van der Waals surface area contributed by atoms with E-state index in [0.717, 1.165) is 30.5 Å². The molecular weight excluding hydrogens is 332 g/mol. The zero-order chi connectivity index (χ0) is 18.4. The minimum Gasteiger partial charge on any atom is -0.273 e. The monoisotopic (exact) mass is 354 g/mol. The summed E-state index contributed by atoms with van der Waals surface area (Å²) < 4.78 is 0. The molecule has 1 N–H and O–H groups in total. The second kappa shape index (κ2) is 6.34. The van der Waals surface area contributed by atoms with Crippen LogP contribution in [0.4, 0.5) is 0 Å². The third-order valence-corrected chi connectivity index (χ3v) is 5.96. The largest absolute Gasteiger partial charge is 0.273 e. The van der Waals surface area contributed by atoms with Crippen LogP contribution < -0.4 is 5.43 Å². The maximum atomic E-state index is 12.5. The molecular formula is C24H22N2O. The van der Waals surface area contributed by atoms with Crippen molar-refractivity contribution in [2.45, 2.75) is 32.1 Å². The maximum absolute atomic E-state index is 12.5. The highest BCUT2D eigenvalue weighted by Gasteiger charge is 2.43. The Kier molecular flexibility index (Phi) is 3.82. The van der Waals surface area contributed by atoms with Crippen LogP contribution in [0.1, 0.15) is 41.5 Å². The fourth-order valence-corrected chi connectivity index (χ4v) is 4.40. The molecule has 2 aliphatic rings. The van der Waals surface area contributed by atoms with Crippen LogP contribution in [0.15, 0.2) is 65.8 Å². The zero-order valence-electron chi connectivity index (χ0n) is 15.4. The van der Waals surface area contributed by atoms with Gasteiger partial charge in [0, 0.05) is 11.5 Å². The van der Waals surface area contributed by atoms with Gasteiger partial charge < -0.3 is 0 Å². The molecule has 2 atom stereocenters. The first-order valence-electron chi connectivity index (χ1n) is 9.65. The molecule has 1 amide bonds. The number of hydrogen-bond donors (Lipinski definition) is 1. The molecule has 0 unspecified atom stereocenters. The number of nitrogens with one attached hydrogen (secondary N) is 1. The average molecular weight is 354 g/mol. The smallest absolute Gasteiger partial charge is 0.243 e. The highest BCUT2D eigenvalue weighted by Crippen LogP contribution is 2.47. The van der Waals surface area contributed by atoms with Crippen molar-refractivity contribution in [3.05, 3.63) is 82.9 Å². The molecule has 3 aromatic carbocycles. The zero-order valence-corrected chi connectivity index (χ0v) is 15.4. The van der Waals surface area contributed by atoms with Crippen LogP contribution in [0, 0.1) is 5.92 Å². The lowest BCUT2D eigenvalue weighted by Gasteiger charge is -2.09. The minimum absolute atomic E-state index is 0.0223. The summed E-state index contributed by atoms with van der Waals surface area (Å²) in [6.45, 7) is 1.97. The first-order chi connectivity index (χ1) is 13.2. The van der Waals surface area contributed by atoms with Crippen LogP contribution in [-0.4, -0.2) is 11.6 Å². The molecule has 27 heavy (non-hydrogen) atoms. The normalized spacial score (nSPS) is 20.7. The fourth-order valence-electron chi connectivity index (χ4n) is 4.40. The predicted octanol–water partition coefficient (Wildman–Crippen LogP) is 4.58. The SMILES string of the molecule is CC(=NNC(=O)[C@H]1C[C@@H]1c1ccccc1)c1ccc2c3c(cccc13)CC2. The Hall–Kier alpha value is -2.94. The summed E-state index contributed by atoms with van der Waals surface area (Å²) in [5.41, 5.74) is 8.85. The molecule has 1 fully saturated rings. The van der Waals surface area contributed by atoms with Crippen molar-refractivity contribution >= 4 is 22.4 Å². The molecule has 3 aromatic rings. The van der Waals surface area contributed by atoms with Gasteiger partial charge in [0.1, 0.15) is 0 Å². The number of carbonyl (C=O) groups excluding carboxylic acids is 1. The summed E-state index contributed by atoms with van der Waals surface area (Å²) in [5.74, 6) is 0.393. The Morgan fingerprint density at radius 2 is 1.74 bits per heavy atom. The van der Waals surface area contributed by atoms with Gasteiger partial charge >= 0.3 is 0 Å². The molecule has 0 aliphatic heterocycles. The first-order valence-corrected chi connectivity index (χ1v) is 9.65. The van der Waals surface area contributed by atoms with E-state index in [1.165, 1.54) is 27.5 Å². The number of hydrogen-bond acceptors (Lipinski definition) is 2. The number of carbonyl (C=O) groups is 1. The highest BCUT2D eigenvalue weighted by molar-refractivity contribution is 6.11. The van der Waals surface area contributed by atoms with Crippen LogP contribution in [0.3, 0.4) is 0 Å². The number of benzene rings is 3. The fraction of sp³-hybridized carbons (Fsp3) is 0.250. The van der Waals surface area contributed by atoms with Gasteiger partial charge in [-0.05, 0) is 59.6 Å². The second-order valence-electron chi connectivity index (χ2n) is 7.64. The van der Waals surface area contributed by atoms with E-state index in [1.54, 1.807) is 0 Å². The summed E-state index contributed by atoms with van der Waals surface area (Å²) >= 11 is 0. The molecule has 0 saturated heterocycles. The minimum atomic E-state index is 0.0223. The van der Waals surface area contributed by atoms with E-state index in [1.807, 2.05) is 25.1 Å². The molecule has 3 heteroatoms. The van der Waals surface area contributed by atoms with Gasteiger partial charge in [0.15, 0.2) is 0 Å². The van der Waals surface area contributed by atoms with Crippen molar-refractivity contribution in [1.29, 1.82) is 0 Å². The van der Waals surface area contributed by atoms with Gasteiger partial charge in [-0.1, -0.05) is 60.7 Å². The predicted molar refractivity (Wildman–Crippen MR) is 109 cm³/mol. The van der Waals surface area contributed by atoms with Crippen molar-refractivity contribution in [1.82, 2.24) is 5.43 Å². The van der Waals surface area contributed by atoms with Crippen LogP contribution in [0.25, 0.3) is 10.8 Å². The number of nitrogens with zero attached hydrogens (tertiary/aromatic N) is 1. The summed E-state index contributed by atoms with van der Waals surface area (Å²) in [5, 5.41) is 7.05. The molecule has 2 aliphatic carbocycles. The topological polar surface area (TPSA) is 41.5 Å². The lowest BCUT2D eigenvalue weighted by Crippen LogP contribution is -2.21. The van der Waals surface area contributed by atoms with E-state index in [-0.39, 0.29) is 11.8 Å². The number of hydrazone groups is 1. The Balaban J connectivity index is 1.35. The molecule has 3 nitrogen and oxygen atoms in total. The van der Waals surface area contributed by atoms with Crippen LogP contribution >= 0.6 is 0 Å². The van der Waals surface area contributed by atoms with Gasteiger partial charge in [-0.3, -0.25) is 4.79 Å². The molecule has 1 saturated carbocycles. The molecule has 134 valence electrons. The molecule has 0 radical (unpaired) electrons. The number of amides is 1. The number of rotatable bonds is 4. The van der Waals surface area contributed by atoms with Crippen molar-refractivity contribution in [3.8, 4) is 0 Å². The lowest BCUT2D eigenvalue weighted by molar-refractivity contribution is -0.122. The van der Waals surface area contributed by atoms with Gasteiger partial charge in [0.05, 0.1) is 5.71 Å². The summed E-state index contributed by atoms with van der Waals surface area (Å²) in [6.07, 6.45) is 3.14. The Labute approximate surface area is 159 Å². The molecule has 5 rings (SSSR count). The standard InChI is InChI=1S/C24H22N2O/c1-15(19-13-12-18-11-10-17-8-5-9-20(19)23(17)18)25-26-24(27)22-14-21(22)16-6-3-2-4-7-16/h2-9,12-13,21-22H,10-11,14H2,1H3,(H,26,27)/t21-,22+/m1/s1. The van der Waals surface area contributed by atoms with Crippen molar-refractivity contribution in [2.24, 2.45) is 11.0 Å². The van der Waals surface area contributed by atoms with Gasteiger partial charge in [-0.2, -0.15) is 5.10 Å². The first kappa shape index (κ1) is 16.2. The van der Waals surface area contributed by atoms with Crippen molar-refractivity contribution in [2.75, 3.05) is 0 Å². The van der Waals surface area contributed by atoms with Gasteiger partial charge in [-0.15, -0.1) is 0 Å². The van der Waals surface area contributed by atoms with E-state index in [2.05, 4.69) is 53.0 Å². The Morgan fingerprint density at radius 3 is 2.56 bits per heavy atom. The molecule has 0 bridgehead atoms. The summed E-state index contributed by atoms with van der Waals surface area (Å²) in [6, 6.07) is 21.1. The van der Waals surface area contributed by atoms with E-state index in [4.69, 9.17) is 0 Å². The third kappa shape index (κ3) is 2.84. The highest BCUT2D eigenvalue weighted by atomic mass is 16.2. The van der Waals surface area contributed by atoms with Gasteiger partial charge in [0.2, 0.25) is 5.91 Å². The lowest BCUT2D eigenvalue weighted by atomic mass is 9.98. The molecule has 0 aromatic heterocycles. The molecule has 0 spiro atoms. The quantitative estimate of drug-likeness (QED) is 0.541. The van der Waals surface area contributed by atoms with Gasteiger partial charge in [-0.25, -0.2) is 5.43 Å². The summed E-state index contributed by atoms with van der Waals surface area (Å²) in [4.78, 5) is 12.5. The molecule has 0 heterocycles. The van der Waals surface area contributed by atoms with Crippen molar-refractivity contribution in [3.63, 3.8) is 0 Å². The van der Waals surface area contributed by atoms with Gasteiger partial charge in [0.25, 0.3) is 0 Å². The average Bonchev–Trinajstić information content (AvgIpc) is 3.41. The van der Waals surface area contributed by atoms with E-state index in [9.17, 15) is 4.79 Å². The van der Waals surface area contributed by atoms with Crippen LogP contribution in [0.5, 0.6) is 0 Å². The van der Waals surface area contributed by atoms with E-state index in [0.29, 0.717) is 5.92 Å². The van der Waals surface area contributed by atoms with E-state index >= 15 is 0 Å². The van der Waals surface area contributed by atoms with Crippen LogP contribution in [-0.2, 0) is 17.6 Å². The summed E-state index contributed by atoms with van der Waals surface area (Å²) in [7, 11) is 0. The number of aryl methyl sites for hydroxylation is 2. The Morgan fingerprint density at radius 1 is 0.963 bits per heavy atom. The van der Waals surface area contributed by atoms with E-state index < -0.39 is 0 Å².